The van der Waals surface area contributed by atoms with E-state index in [9.17, 15) is 8.78 Å². The minimum absolute atomic E-state index is 0.0164. The van der Waals surface area contributed by atoms with E-state index in [0.29, 0.717) is 24.7 Å². The molecule has 1 aromatic heterocycles. The molecule has 1 aliphatic rings. The Bertz CT molecular complexity index is 661. The molecule has 2 heterocycles. The number of anilines is 1. The SMILES string of the molecule is NC1CC(Cc2csc(Cl)c2)CN(c2ccc(F)cc2F)C1. The first-order valence-electron chi connectivity index (χ1n) is 7.20. The largest absolute Gasteiger partial charge is 0.367 e. The van der Waals surface area contributed by atoms with Crippen molar-refractivity contribution in [3.63, 3.8) is 0 Å². The molecule has 0 radical (unpaired) electrons. The van der Waals surface area contributed by atoms with Gasteiger partial charge in [-0.3, -0.25) is 0 Å². The summed E-state index contributed by atoms with van der Waals surface area (Å²) < 4.78 is 27.8. The molecular weight excluding hydrogens is 326 g/mol. The molecule has 2 atom stereocenters. The molecule has 0 aliphatic carbocycles. The summed E-state index contributed by atoms with van der Waals surface area (Å²) in [6.07, 6.45) is 1.77. The highest BCUT2D eigenvalue weighted by Gasteiger charge is 2.27. The predicted octanol–water partition coefficient (Wildman–Crippen LogP) is 4.08. The number of benzene rings is 1. The predicted molar refractivity (Wildman–Crippen MR) is 87.7 cm³/mol. The van der Waals surface area contributed by atoms with Crippen LogP contribution in [0.3, 0.4) is 0 Å². The Morgan fingerprint density at radius 1 is 1.27 bits per heavy atom. The van der Waals surface area contributed by atoms with Crippen LogP contribution in [-0.4, -0.2) is 19.1 Å². The van der Waals surface area contributed by atoms with Gasteiger partial charge in [0.2, 0.25) is 0 Å². The second-order valence-electron chi connectivity index (χ2n) is 5.83. The van der Waals surface area contributed by atoms with Crippen molar-refractivity contribution >= 4 is 28.6 Å². The minimum atomic E-state index is -0.563. The zero-order chi connectivity index (χ0) is 15.7. The second kappa shape index (κ2) is 6.52. The fourth-order valence-electron chi connectivity index (χ4n) is 3.11. The van der Waals surface area contributed by atoms with Gasteiger partial charge in [-0.05, 0) is 47.9 Å². The van der Waals surface area contributed by atoms with Gasteiger partial charge in [-0.1, -0.05) is 11.6 Å². The number of rotatable bonds is 3. The number of piperidine rings is 1. The molecule has 0 bridgehead atoms. The fraction of sp³-hybridized carbons (Fsp3) is 0.375. The van der Waals surface area contributed by atoms with Crippen LogP contribution in [0.15, 0.2) is 29.6 Å². The Balaban J connectivity index is 1.75. The summed E-state index contributed by atoms with van der Waals surface area (Å²) in [5.41, 5.74) is 7.74. The van der Waals surface area contributed by atoms with Gasteiger partial charge in [0.05, 0.1) is 10.0 Å². The van der Waals surface area contributed by atoms with Crippen LogP contribution in [0.5, 0.6) is 0 Å². The van der Waals surface area contributed by atoms with E-state index in [2.05, 4.69) is 0 Å². The van der Waals surface area contributed by atoms with E-state index in [0.717, 1.165) is 23.2 Å². The maximum absolute atomic E-state index is 14.0. The summed E-state index contributed by atoms with van der Waals surface area (Å²) in [5.74, 6) is -0.766. The number of nitrogens with zero attached hydrogens (tertiary/aromatic N) is 1. The normalized spacial score (nSPS) is 22.1. The molecule has 2 N–H and O–H groups in total. The topological polar surface area (TPSA) is 29.3 Å². The van der Waals surface area contributed by atoms with E-state index in [1.54, 1.807) is 0 Å². The van der Waals surface area contributed by atoms with Crippen LogP contribution < -0.4 is 10.6 Å². The van der Waals surface area contributed by atoms with Crippen molar-refractivity contribution < 1.29 is 8.78 Å². The first-order chi connectivity index (χ1) is 10.5. The lowest BCUT2D eigenvalue weighted by molar-refractivity contribution is 0.372. The summed E-state index contributed by atoms with van der Waals surface area (Å²) in [5, 5.41) is 2.05. The van der Waals surface area contributed by atoms with Crippen LogP contribution in [0.4, 0.5) is 14.5 Å². The molecule has 1 aromatic carbocycles. The molecule has 22 heavy (non-hydrogen) atoms. The number of thiophene rings is 1. The average Bonchev–Trinajstić information content (AvgIpc) is 2.83. The summed E-state index contributed by atoms with van der Waals surface area (Å²) in [6, 6.07) is 5.64. The molecule has 6 heteroatoms. The van der Waals surface area contributed by atoms with Crippen LogP contribution in [0.25, 0.3) is 0 Å². The molecule has 2 nitrogen and oxygen atoms in total. The minimum Gasteiger partial charge on any atom is -0.367 e. The van der Waals surface area contributed by atoms with Gasteiger partial charge in [-0.15, -0.1) is 11.3 Å². The lowest BCUT2D eigenvalue weighted by atomic mass is 9.89. The van der Waals surface area contributed by atoms with Crippen LogP contribution in [0.2, 0.25) is 4.34 Å². The van der Waals surface area contributed by atoms with Crippen molar-refractivity contribution in [3.8, 4) is 0 Å². The Morgan fingerprint density at radius 3 is 2.77 bits per heavy atom. The number of halogens is 3. The lowest BCUT2D eigenvalue weighted by Crippen LogP contribution is -2.48. The third kappa shape index (κ3) is 3.59. The van der Waals surface area contributed by atoms with E-state index in [1.165, 1.54) is 29.0 Å². The van der Waals surface area contributed by atoms with Crippen molar-refractivity contribution in [1.29, 1.82) is 0 Å². The van der Waals surface area contributed by atoms with E-state index in [4.69, 9.17) is 17.3 Å². The maximum atomic E-state index is 14.0. The first kappa shape index (κ1) is 15.7. The third-order valence-electron chi connectivity index (χ3n) is 3.97. The maximum Gasteiger partial charge on any atom is 0.149 e. The molecule has 118 valence electrons. The number of nitrogens with two attached hydrogens (primary N) is 1. The van der Waals surface area contributed by atoms with Crippen LogP contribution in [-0.2, 0) is 6.42 Å². The Morgan fingerprint density at radius 2 is 2.09 bits per heavy atom. The highest BCUT2D eigenvalue weighted by molar-refractivity contribution is 7.14. The zero-order valence-electron chi connectivity index (χ0n) is 11.9. The van der Waals surface area contributed by atoms with Gasteiger partial charge in [-0.2, -0.15) is 0 Å². The molecule has 1 fully saturated rings. The van der Waals surface area contributed by atoms with Crippen molar-refractivity contribution in [1.82, 2.24) is 0 Å². The van der Waals surface area contributed by atoms with Gasteiger partial charge in [0.25, 0.3) is 0 Å². The average molecular weight is 343 g/mol. The molecule has 1 saturated heterocycles. The van der Waals surface area contributed by atoms with Gasteiger partial charge in [0.1, 0.15) is 11.6 Å². The van der Waals surface area contributed by atoms with Crippen molar-refractivity contribution in [2.24, 2.45) is 11.7 Å². The van der Waals surface area contributed by atoms with Crippen LogP contribution >= 0.6 is 22.9 Å². The summed E-state index contributed by atoms with van der Waals surface area (Å²) in [7, 11) is 0. The molecule has 3 rings (SSSR count). The quantitative estimate of drug-likeness (QED) is 0.910. The van der Waals surface area contributed by atoms with E-state index >= 15 is 0 Å². The molecule has 0 saturated carbocycles. The van der Waals surface area contributed by atoms with E-state index in [1.807, 2.05) is 16.3 Å². The van der Waals surface area contributed by atoms with Gasteiger partial charge >= 0.3 is 0 Å². The smallest absolute Gasteiger partial charge is 0.149 e. The Hall–Kier alpha value is -1.17. The van der Waals surface area contributed by atoms with Gasteiger partial charge in [0.15, 0.2) is 0 Å². The van der Waals surface area contributed by atoms with E-state index in [-0.39, 0.29) is 6.04 Å². The van der Waals surface area contributed by atoms with Crippen molar-refractivity contribution in [2.75, 3.05) is 18.0 Å². The number of hydrogen-bond donors (Lipinski definition) is 1. The highest BCUT2D eigenvalue weighted by atomic mass is 35.5. The number of hydrogen-bond acceptors (Lipinski definition) is 3. The summed E-state index contributed by atoms with van der Waals surface area (Å²) >= 11 is 7.48. The van der Waals surface area contributed by atoms with Gasteiger partial charge < -0.3 is 10.6 Å². The standard InChI is InChI=1S/C16H17ClF2N2S/c17-16-5-11(9-22-16)3-10-4-13(20)8-21(7-10)15-2-1-12(18)6-14(15)19/h1-2,5-6,9-10,13H,3-4,7-8,20H2. The fourth-order valence-corrected chi connectivity index (χ4v) is 4.04. The van der Waals surface area contributed by atoms with Crippen molar-refractivity contribution in [2.45, 2.75) is 18.9 Å². The zero-order valence-corrected chi connectivity index (χ0v) is 13.5. The van der Waals surface area contributed by atoms with Crippen LogP contribution in [0, 0.1) is 17.6 Å². The molecule has 1 aliphatic heterocycles. The summed E-state index contributed by atoms with van der Waals surface area (Å²) in [4.78, 5) is 1.92. The van der Waals surface area contributed by atoms with Crippen molar-refractivity contribution in [3.05, 3.63) is 51.2 Å². The molecule has 0 amide bonds. The molecule has 0 spiro atoms. The Kier molecular flexibility index (Phi) is 4.66. The first-order valence-corrected chi connectivity index (χ1v) is 8.45. The monoisotopic (exact) mass is 342 g/mol. The van der Waals surface area contributed by atoms with Gasteiger partial charge in [0, 0.05) is 25.2 Å². The van der Waals surface area contributed by atoms with Gasteiger partial charge in [-0.25, -0.2) is 8.78 Å². The molecular formula is C16H17ClF2N2S. The molecule has 2 aromatic rings. The molecule has 2 unspecified atom stereocenters. The Labute approximate surface area is 137 Å². The highest BCUT2D eigenvalue weighted by Crippen LogP contribution is 2.29. The second-order valence-corrected chi connectivity index (χ2v) is 7.37. The lowest BCUT2D eigenvalue weighted by Gasteiger charge is -2.38. The van der Waals surface area contributed by atoms with Crippen LogP contribution in [0.1, 0.15) is 12.0 Å². The van der Waals surface area contributed by atoms with E-state index < -0.39 is 11.6 Å². The third-order valence-corrected chi connectivity index (χ3v) is 5.11. The summed E-state index contributed by atoms with van der Waals surface area (Å²) in [6.45, 7) is 1.30.